The highest BCUT2D eigenvalue weighted by Crippen LogP contribution is 2.52. The van der Waals surface area contributed by atoms with Gasteiger partial charge in [-0.1, -0.05) is 0 Å². The van der Waals surface area contributed by atoms with E-state index in [0.29, 0.717) is 11.8 Å². The van der Waals surface area contributed by atoms with Gasteiger partial charge in [-0.3, -0.25) is 4.79 Å². The predicted octanol–water partition coefficient (Wildman–Crippen LogP) is 1.31. The number of carbonyl (C=O) groups is 1. The van der Waals surface area contributed by atoms with Gasteiger partial charge in [0.1, 0.15) is 6.10 Å². The SMILES string of the molecule is CC(C)(C)C(=O)O[C@@H]1C[C@@H](N)[C@H]2C[C@H]21. The number of esters is 1. The van der Waals surface area contributed by atoms with Crippen LogP contribution in [0.15, 0.2) is 0 Å². The van der Waals surface area contributed by atoms with Gasteiger partial charge in [-0.05, 0) is 33.1 Å². The maximum absolute atomic E-state index is 11.6. The molecule has 0 spiro atoms. The molecule has 0 heterocycles. The van der Waals surface area contributed by atoms with Crippen molar-refractivity contribution in [2.24, 2.45) is 23.0 Å². The Labute approximate surface area is 85.0 Å². The number of carbonyl (C=O) groups excluding carboxylic acids is 1. The molecule has 0 aliphatic heterocycles. The summed E-state index contributed by atoms with van der Waals surface area (Å²) in [6.45, 7) is 5.65. The van der Waals surface area contributed by atoms with Gasteiger partial charge in [-0.15, -0.1) is 0 Å². The summed E-state index contributed by atoms with van der Waals surface area (Å²) in [6.07, 6.45) is 2.11. The van der Waals surface area contributed by atoms with Gasteiger partial charge in [0, 0.05) is 18.4 Å². The zero-order valence-electron chi connectivity index (χ0n) is 9.12. The molecule has 2 fully saturated rings. The Morgan fingerprint density at radius 3 is 2.29 bits per heavy atom. The lowest BCUT2D eigenvalue weighted by Crippen LogP contribution is -2.30. The highest BCUT2D eigenvalue weighted by Gasteiger charge is 2.55. The van der Waals surface area contributed by atoms with Gasteiger partial charge in [0.05, 0.1) is 5.41 Å². The molecule has 0 radical (unpaired) electrons. The lowest BCUT2D eigenvalue weighted by atomic mass is 9.97. The van der Waals surface area contributed by atoms with Crippen LogP contribution in [0, 0.1) is 17.3 Å². The first-order valence-corrected chi connectivity index (χ1v) is 5.36. The summed E-state index contributed by atoms with van der Waals surface area (Å²) in [5.41, 5.74) is 5.51. The molecule has 0 saturated heterocycles. The number of ether oxygens (including phenoxy) is 1. The van der Waals surface area contributed by atoms with Crippen LogP contribution in [0.1, 0.15) is 33.6 Å². The third-order valence-corrected chi connectivity index (χ3v) is 3.29. The highest BCUT2D eigenvalue weighted by atomic mass is 16.5. The van der Waals surface area contributed by atoms with Crippen molar-refractivity contribution in [2.45, 2.75) is 45.8 Å². The predicted molar refractivity (Wildman–Crippen MR) is 53.5 cm³/mol. The van der Waals surface area contributed by atoms with Crippen molar-refractivity contribution in [2.75, 3.05) is 0 Å². The van der Waals surface area contributed by atoms with Crippen LogP contribution in [0.3, 0.4) is 0 Å². The standard InChI is InChI=1S/C11H19NO2/c1-11(2,3)10(13)14-9-5-8(12)6-4-7(6)9/h6-9H,4-5,12H2,1-3H3/t6-,7+,8+,9+/m0/s1. The zero-order chi connectivity index (χ0) is 10.5. The minimum absolute atomic E-state index is 0.0951. The quantitative estimate of drug-likeness (QED) is 0.645. The van der Waals surface area contributed by atoms with Crippen molar-refractivity contribution < 1.29 is 9.53 Å². The molecule has 4 atom stereocenters. The van der Waals surface area contributed by atoms with Crippen LogP contribution < -0.4 is 5.73 Å². The number of hydrogen-bond acceptors (Lipinski definition) is 3. The van der Waals surface area contributed by atoms with E-state index in [-0.39, 0.29) is 18.1 Å². The molecular weight excluding hydrogens is 178 g/mol. The molecule has 2 aliphatic rings. The minimum Gasteiger partial charge on any atom is -0.462 e. The molecule has 0 aromatic carbocycles. The van der Waals surface area contributed by atoms with E-state index in [1.165, 1.54) is 0 Å². The summed E-state index contributed by atoms with van der Waals surface area (Å²) in [5, 5.41) is 0. The van der Waals surface area contributed by atoms with Gasteiger partial charge >= 0.3 is 5.97 Å². The molecule has 0 bridgehead atoms. The van der Waals surface area contributed by atoms with Crippen LogP contribution >= 0.6 is 0 Å². The van der Waals surface area contributed by atoms with Crippen molar-refractivity contribution in [1.82, 2.24) is 0 Å². The van der Waals surface area contributed by atoms with Crippen molar-refractivity contribution in [3.63, 3.8) is 0 Å². The smallest absolute Gasteiger partial charge is 0.311 e. The van der Waals surface area contributed by atoms with E-state index in [2.05, 4.69) is 0 Å². The van der Waals surface area contributed by atoms with Crippen molar-refractivity contribution in [3.05, 3.63) is 0 Å². The van der Waals surface area contributed by atoms with E-state index in [1.807, 2.05) is 20.8 Å². The average molecular weight is 197 g/mol. The maximum atomic E-state index is 11.6. The van der Waals surface area contributed by atoms with Gasteiger partial charge in [0.2, 0.25) is 0 Å². The topological polar surface area (TPSA) is 52.3 Å². The van der Waals surface area contributed by atoms with Gasteiger partial charge < -0.3 is 10.5 Å². The number of hydrogen-bond donors (Lipinski definition) is 1. The van der Waals surface area contributed by atoms with Crippen molar-refractivity contribution in [3.8, 4) is 0 Å². The summed E-state index contributed by atoms with van der Waals surface area (Å²) in [6, 6.07) is 0.262. The lowest BCUT2D eigenvalue weighted by Gasteiger charge is -2.21. The monoisotopic (exact) mass is 197 g/mol. The third kappa shape index (κ3) is 1.65. The summed E-state index contributed by atoms with van der Waals surface area (Å²) in [5.74, 6) is 1.10. The van der Waals surface area contributed by atoms with Crippen LogP contribution in [-0.4, -0.2) is 18.1 Å². The van der Waals surface area contributed by atoms with Crippen molar-refractivity contribution >= 4 is 5.97 Å². The summed E-state index contributed by atoms with van der Waals surface area (Å²) in [7, 11) is 0. The Bertz CT molecular complexity index is 257. The summed E-state index contributed by atoms with van der Waals surface area (Å²) in [4.78, 5) is 11.6. The van der Waals surface area contributed by atoms with Crippen molar-refractivity contribution in [1.29, 1.82) is 0 Å². The van der Waals surface area contributed by atoms with Gasteiger partial charge in [0.25, 0.3) is 0 Å². The third-order valence-electron chi connectivity index (χ3n) is 3.29. The molecule has 0 aromatic heterocycles. The first-order chi connectivity index (χ1) is 6.39. The molecule has 2 rings (SSSR count). The maximum Gasteiger partial charge on any atom is 0.311 e. The molecule has 2 N–H and O–H groups in total. The molecular formula is C11H19NO2. The Morgan fingerprint density at radius 1 is 1.29 bits per heavy atom. The minimum atomic E-state index is -0.392. The second kappa shape index (κ2) is 2.96. The molecule has 80 valence electrons. The van der Waals surface area contributed by atoms with Crippen LogP contribution in [0.5, 0.6) is 0 Å². The molecule has 2 saturated carbocycles. The fourth-order valence-electron chi connectivity index (χ4n) is 2.22. The average Bonchev–Trinajstić information content (AvgIpc) is 2.74. The van der Waals surface area contributed by atoms with E-state index in [1.54, 1.807) is 0 Å². The fraction of sp³-hybridized carbons (Fsp3) is 0.909. The zero-order valence-corrected chi connectivity index (χ0v) is 9.12. The Balaban J connectivity index is 1.90. The second-order valence-electron chi connectivity index (χ2n) is 5.66. The number of rotatable bonds is 1. The van der Waals surface area contributed by atoms with E-state index in [4.69, 9.17) is 10.5 Å². The summed E-state index contributed by atoms with van der Waals surface area (Å²) < 4.78 is 5.48. The molecule has 0 aromatic rings. The molecule has 3 nitrogen and oxygen atoms in total. The number of nitrogens with two attached hydrogens (primary N) is 1. The second-order valence-corrected chi connectivity index (χ2v) is 5.66. The van der Waals surface area contributed by atoms with Crippen LogP contribution in [0.2, 0.25) is 0 Å². The Kier molecular flexibility index (Phi) is 2.11. The molecule has 3 heteroatoms. The Hall–Kier alpha value is -0.570. The molecule has 0 amide bonds. The molecule has 14 heavy (non-hydrogen) atoms. The highest BCUT2D eigenvalue weighted by molar-refractivity contribution is 5.75. The van der Waals surface area contributed by atoms with Gasteiger partial charge in [-0.2, -0.15) is 0 Å². The van der Waals surface area contributed by atoms with Crippen LogP contribution in [-0.2, 0) is 9.53 Å². The van der Waals surface area contributed by atoms with E-state index in [0.717, 1.165) is 12.8 Å². The number of fused-ring (bicyclic) bond motifs is 1. The largest absolute Gasteiger partial charge is 0.462 e. The fourth-order valence-corrected chi connectivity index (χ4v) is 2.22. The van der Waals surface area contributed by atoms with Gasteiger partial charge in [0.15, 0.2) is 0 Å². The van der Waals surface area contributed by atoms with Crippen LogP contribution in [0.25, 0.3) is 0 Å². The molecule has 2 aliphatic carbocycles. The summed E-state index contributed by atoms with van der Waals surface area (Å²) >= 11 is 0. The van der Waals surface area contributed by atoms with Crippen LogP contribution in [0.4, 0.5) is 0 Å². The van der Waals surface area contributed by atoms with Gasteiger partial charge in [-0.25, -0.2) is 0 Å². The molecule has 0 unspecified atom stereocenters. The normalized spacial score (nSPS) is 40.6. The lowest BCUT2D eigenvalue weighted by molar-refractivity contribution is -0.159. The van der Waals surface area contributed by atoms with E-state index in [9.17, 15) is 4.79 Å². The first-order valence-electron chi connectivity index (χ1n) is 5.36. The first kappa shape index (κ1) is 9.97. The van der Waals surface area contributed by atoms with E-state index < -0.39 is 5.41 Å². The Morgan fingerprint density at radius 2 is 1.93 bits per heavy atom. The van der Waals surface area contributed by atoms with E-state index >= 15 is 0 Å².